The number of benzene rings is 3. The molecule has 1 N–H and O–H groups in total. The van der Waals surface area contributed by atoms with Gasteiger partial charge in [0.25, 0.3) is 0 Å². The summed E-state index contributed by atoms with van der Waals surface area (Å²) < 4.78 is 10.4. The zero-order chi connectivity index (χ0) is 19.7. The first-order chi connectivity index (χ1) is 13.5. The highest BCUT2D eigenvalue weighted by Crippen LogP contribution is 2.44. The first-order valence-corrected chi connectivity index (χ1v) is 9.88. The highest BCUT2D eigenvalue weighted by Gasteiger charge is 2.32. The molecular formula is C22H19Cl2NO3. The summed E-state index contributed by atoms with van der Waals surface area (Å²) >= 11 is 12.8. The zero-order valence-electron chi connectivity index (χ0n) is 15.2. The monoisotopic (exact) mass is 415 g/mol. The summed E-state index contributed by atoms with van der Waals surface area (Å²) in [7, 11) is 0. The molecule has 0 amide bonds. The van der Waals surface area contributed by atoms with Crippen molar-refractivity contribution in [3.05, 3.63) is 75.8 Å². The van der Waals surface area contributed by atoms with Gasteiger partial charge in [0.1, 0.15) is 0 Å². The molecule has 1 aliphatic rings. The second-order valence-electron chi connectivity index (χ2n) is 6.68. The Morgan fingerprint density at radius 2 is 1.89 bits per heavy atom. The van der Waals surface area contributed by atoms with Crippen LogP contribution in [0.15, 0.2) is 54.6 Å². The molecule has 0 bridgehead atoms. The van der Waals surface area contributed by atoms with Crippen molar-refractivity contribution < 1.29 is 14.3 Å². The fourth-order valence-electron chi connectivity index (χ4n) is 3.70. The number of hydrogen-bond acceptors (Lipinski definition) is 4. The van der Waals surface area contributed by atoms with E-state index in [1.54, 1.807) is 19.1 Å². The number of ether oxygens (including phenoxy) is 2. The average Bonchev–Trinajstić information content (AvgIpc) is 2.66. The molecular weight excluding hydrogens is 397 g/mol. The van der Waals surface area contributed by atoms with Crippen molar-refractivity contribution in [3.63, 3.8) is 0 Å². The number of carbonyl (C=O) groups is 1. The molecule has 4 rings (SSSR count). The Labute approximate surface area is 173 Å². The maximum Gasteiger partial charge on any atom is 0.510 e. The molecule has 1 aliphatic heterocycles. The Morgan fingerprint density at radius 1 is 1.11 bits per heavy atom. The van der Waals surface area contributed by atoms with Gasteiger partial charge in [-0.2, -0.15) is 0 Å². The fourth-order valence-corrected chi connectivity index (χ4v) is 4.32. The van der Waals surface area contributed by atoms with E-state index in [1.807, 2.05) is 12.1 Å². The topological polar surface area (TPSA) is 47.6 Å². The molecule has 0 saturated heterocycles. The van der Waals surface area contributed by atoms with E-state index in [2.05, 4.69) is 35.6 Å². The molecule has 0 aliphatic carbocycles. The van der Waals surface area contributed by atoms with Crippen molar-refractivity contribution in [3.8, 4) is 0 Å². The molecule has 4 nitrogen and oxygen atoms in total. The van der Waals surface area contributed by atoms with Crippen LogP contribution >= 0.6 is 23.2 Å². The van der Waals surface area contributed by atoms with Gasteiger partial charge in [-0.25, -0.2) is 4.79 Å². The van der Waals surface area contributed by atoms with Gasteiger partial charge in [0.05, 0.1) is 6.61 Å². The second-order valence-corrected chi connectivity index (χ2v) is 7.52. The second kappa shape index (κ2) is 7.90. The summed E-state index contributed by atoms with van der Waals surface area (Å²) in [5.41, 5.74) is 2.81. The van der Waals surface area contributed by atoms with Crippen LogP contribution in [0.4, 0.5) is 10.5 Å². The van der Waals surface area contributed by atoms with E-state index < -0.39 is 12.4 Å². The Balaban J connectivity index is 1.76. The Kier molecular flexibility index (Phi) is 5.33. The predicted octanol–water partition coefficient (Wildman–Crippen LogP) is 6.59. The Bertz CT molecular complexity index is 1040. The number of rotatable bonds is 3. The first kappa shape index (κ1) is 18.9. The average molecular weight is 416 g/mol. The summed E-state index contributed by atoms with van der Waals surface area (Å²) in [6.07, 6.45) is -0.711. The highest BCUT2D eigenvalue weighted by molar-refractivity contribution is 6.35. The van der Waals surface area contributed by atoms with Gasteiger partial charge in [-0.1, -0.05) is 65.7 Å². The Morgan fingerprint density at radius 3 is 2.68 bits per heavy atom. The van der Waals surface area contributed by atoms with E-state index in [-0.39, 0.29) is 12.5 Å². The SMILES string of the molecule is CCOC(=O)OC1CC(c2ccc3ccccc3c2)c2c(Cl)cc(Cl)cc2N1. The summed E-state index contributed by atoms with van der Waals surface area (Å²) in [5.74, 6) is -0.0509. The molecule has 2 atom stereocenters. The van der Waals surface area contributed by atoms with E-state index >= 15 is 0 Å². The van der Waals surface area contributed by atoms with E-state index in [0.29, 0.717) is 16.5 Å². The fraction of sp³-hybridized carbons (Fsp3) is 0.227. The van der Waals surface area contributed by atoms with Crippen LogP contribution in [0.25, 0.3) is 10.8 Å². The molecule has 0 radical (unpaired) electrons. The third-order valence-corrected chi connectivity index (χ3v) is 5.42. The molecule has 0 spiro atoms. The van der Waals surface area contributed by atoms with Crippen LogP contribution in [0, 0.1) is 0 Å². The normalized spacial score (nSPS) is 18.2. The van der Waals surface area contributed by atoms with Gasteiger partial charge in [0.15, 0.2) is 6.23 Å². The van der Waals surface area contributed by atoms with Crippen LogP contribution in [0.5, 0.6) is 0 Å². The van der Waals surface area contributed by atoms with Crippen LogP contribution in [-0.4, -0.2) is 19.0 Å². The van der Waals surface area contributed by atoms with E-state index in [9.17, 15) is 4.79 Å². The summed E-state index contributed by atoms with van der Waals surface area (Å²) in [4.78, 5) is 11.8. The minimum atomic E-state index is -0.700. The minimum absolute atomic E-state index is 0.0509. The molecule has 0 saturated carbocycles. The molecule has 1 heterocycles. The number of carbonyl (C=O) groups excluding carboxylic acids is 1. The van der Waals surface area contributed by atoms with E-state index in [4.69, 9.17) is 32.7 Å². The molecule has 2 unspecified atom stereocenters. The van der Waals surface area contributed by atoms with Crippen molar-refractivity contribution in [2.24, 2.45) is 0 Å². The number of anilines is 1. The zero-order valence-corrected chi connectivity index (χ0v) is 16.8. The molecule has 0 fully saturated rings. The summed E-state index contributed by atoms with van der Waals surface area (Å²) in [6, 6.07) is 18.1. The van der Waals surface area contributed by atoms with Gasteiger partial charge in [-0.3, -0.25) is 0 Å². The smallest absolute Gasteiger partial charge is 0.435 e. The van der Waals surface area contributed by atoms with Crippen LogP contribution < -0.4 is 5.32 Å². The molecule has 3 aromatic carbocycles. The summed E-state index contributed by atoms with van der Waals surface area (Å²) in [5, 5.41) is 6.63. The largest absolute Gasteiger partial charge is 0.510 e. The number of nitrogens with one attached hydrogen (secondary N) is 1. The van der Waals surface area contributed by atoms with Crippen LogP contribution in [0.2, 0.25) is 10.0 Å². The molecule has 144 valence electrons. The van der Waals surface area contributed by atoms with Gasteiger partial charge < -0.3 is 14.8 Å². The first-order valence-electron chi connectivity index (χ1n) is 9.12. The van der Waals surface area contributed by atoms with Gasteiger partial charge >= 0.3 is 6.16 Å². The summed E-state index contributed by atoms with van der Waals surface area (Å²) in [6.45, 7) is 2.00. The third kappa shape index (κ3) is 3.75. The van der Waals surface area contributed by atoms with Crippen molar-refractivity contribution in [2.45, 2.75) is 25.5 Å². The highest BCUT2D eigenvalue weighted by atomic mass is 35.5. The maximum atomic E-state index is 11.8. The number of fused-ring (bicyclic) bond motifs is 2. The van der Waals surface area contributed by atoms with Crippen molar-refractivity contribution >= 4 is 45.8 Å². The molecule has 3 aromatic rings. The lowest BCUT2D eigenvalue weighted by molar-refractivity contribution is 0.0302. The van der Waals surface area contributed by atoms with Crippen molar-refractivity contribution in [1.29, 1.82) is 0 Å². The third-order valence-electron chi connectivity index (χ3n) is 4.89. The standard InChI is InChI=1S/C22H19Cl2NO3/c1-2-27-22(26)28-20-12-17(21-18(24)10-16(23)11-19(21)25-20)15-8-7-13-5-3-4-6-14(13)9-15/h3-11,17,20,25H,2,12H2,1H3. The lowest BCUT2D eigenvalue weighted by Gasteiger charge is -2.33. The minimum Gasteiger partial charge on any atom is -0.435 e. The number of halogens is 2. The van der Waals surface area contributed by atoms with Crippen LogP contribution in [-0.2, 0) is 9.47 Å². The van der Waals surface area contributed by atoms with Crippen LogP contribution in [0.1, 0.15) is 30.4 Å². The van der Waals surface area contributed by atoms with Crippen molar-refractivity contribution in [1.82, 2.24) is 0 Å². The number of hydrogen-bond donors (Lipinski definition) is 1. The van der Waals surface area contributed by atoms with Gasteiger partial charge in [0, 0.05) is 33.6 Å². The lowest BCUT2D eigenvalue weighted by atomic mass is 9.83. The van der Waals surface area contributed by atoms with E-state index in [1.165, 1.54) is 5.39 Å². The van der Waals surface area contributed by atoms with Crippen molar-refractivity contribution in [2.75, 3.05) is 11.9 Å². The van der Waals surface area contributed by atoms with Gasteiger partial charge in [-0.05, 0) is 35.4 Å². The molecule has 28 heavy (non-hydrogen) atoms. The van der Waals surface area contributed by atoms with Gasteiger partial charge in [0.2, 0.25) is 0 Å². The molecule has 0 aromatic heterocycles. The molecule has 6 heteroatoms. The van der Waals surface area contributed by atoms with E-state index in [0.717, 1.165) is 22.2 Å². The van der Waals surface area contributed by atoms with Crippen LogP contribution in [0.3, 0.4) is 0 Å². The maximum absolute atomic E-state index is 11.8. The van der Waals surface area contributed by atoms with Gasteiger partial charge in [-0.15, -0.1) is 0 Å². The Hall–Kier alpha value is -2.43. The lowest BCUT2D eigenvalue weighted by Crippen LogP contribution is -2.33. The quantitative estimate of drug-likeness (QED) is 0.489. The predicted molar refractivity (Wildman–Crippen MR) is 112 cm³/mol.